The van der Waals surface area contributed by atoms with Crippen LogP contribution in [0.15, 0.2) is 0 Å². The molecule has 0 unspecified atom stereocenters. The lowest BCUT2D eigenvalue weighted by Crippen LogP contribution is -2.46. The summed E-state index contributed by atoms with van der Waals surface area (Å²) in [5, 5.41) is 9.94. The van der Waals surface area contributed by atoms with Gasteiger partial charge in [-0.1, -0.05) is 26.2 Å². The molecule has 2 nitrogen and oxygen atoms in total. The summed E-state index contributed by atoms with van der Waals surface area (Å²) in [4.78, 5) is 2.39. The molecule has 102 valence electrons. The number of hydrogen-bond acceptors (Lipinski definition) is 3. The second-order valence-electron chi connectivity index (χ2n) is 6.33. The topological polar surface area (TPSA) is 23.5 Å². The molecule has 0 aromatic rings. The van der Waals surface area contributed by atoms with Crippen molar-refractivity contribution in [3.63, 3.8) is 0 Å². The van der Waals surface area contributed by atoms with Crippen LogP contribution in [0.3, 0.4) is 0 Å². The van der Waals surface area contributed by atoms with Crippen molar-refractivity contribution < 1.29 is 5.11 Å². The zero-order chi connectivity index (χ0) is 12.9. The highest BCUT2D eigenvalue weighted by Gasteiger charge is 2.33. The average Bonchev–Trinajstić information content (AvgIpc) is 2.27. The molecule has 1 rings (SSSR count). The minimum Gasteiger partial charge on any atom is -0.389 e. The van der Waals surface area contributed by atoms with Gasteiger partial charge in [-0.25, -0.2) is 0 Å². The van der Waals surface area contributed by atoms with Gasteiger partial charge in [0.15, 0.2) is 0 Å². The monoisotopic (exact) mass is 259 g/mol. The minimum atomic E-state index is -0.595. The summed E-state index contributed by atoms with van der Waals surface area (Å²) >= 11 is 4.58. The van der Waals surface area contributed by atoms with Crippen molar-refractivity contribution in [2.75, 3.05) is 25.4 Å². The first-order valence-corrected chi connectivity index (χ1v) is 7.60. The third kappa shape index (κ3) is 5.19. The quantitative estimate of drug-likeness (QED) is 0.717. The molecule has 1 N–H and O–H groups in total. The summed E-state index contributed by atoms with van der Waals surface area (Å²) in [5.41, 5.74) is -0.203. The SMILES string of the molecule is CCN(CC(C)(C)O)CC1(CS)CCCCC1. The van der Waals surface area contributed by atoms with Crippen LogP contribution in [0.25, 0.3) is 0 Å². The van der Waals surface area contributed by atoms with Crippen LogP contribution in [0.4, 0.5) is 0 Å². The fourth-order valence-electron chi connectivity index (χ4n) is 2.97. The maximum absolute atomic E-state index is 9.94. The maximum atomic E-state index is 9.94. The van der Waals surface area contributed by atoms with Gasteiger partial charge in [-0.05, 0) is 44.4 Å². The lowest BCUT2D eigenvalue weighted by molar-refractivity contribution is 0.0191. The average molecular weight is 259 g/mol. The van der Waals surface area contributed by atoms with E-state index in [2.05, 4.69) is 24.5 Å². The Morgan fingerprint density at radius 3 is 2.24 bits per heavy atom. The molecular weight excluding hydrogens is 230 g/mol. The number of thiol groups is 1. The van der Waals surface area contributed by atoms with E-state index in [9.17, 15) is 5.11 Å². The fourth-order valence-corrected chi connectivity index (χ4v) is 3.39. The number of aliphatic hydroxyl groups is 1. The highest BCUT2D eigenvalue weighted by Crippen LogP contribution is 2.38. The predicted molar refractivity (Wildman–Crippen MR) is 77.8 cm³/mol. The molecule has 0 aromatic carbocycles. The van der Waals surface area contributed by atoms with E-state index >= 15 is 0 Å². The van der Waals surface area contributed by atoms with Gasteiger partial charge in [0.2, 0.25) is 0 Å². The van der Waals surface area contributed by atoms with E-state index in [0.29, 0.717) is 5.41 Å². The fraction of sp³-hybridized carbons (Fsp3) is 1.00. The molecule has 0 aromatic heterocycles. The van der Waals surface area contributed by atoms with Gasteiger partial charge in [0, 0.05) is 13.1 Å². The third-order valence-corrected chi connectivity index (χ3v) is 4.54. The van der Waals surface area contributed by atoms with Gasteiger partial charge >= 0.3 is 0 Å². The Morgan fingerprint density at radius 1 is 1.24 bits per heavy atom. The van der Waals surface area contributed by atoms with E-state index in [-0.39, 0.29) is 0 Å². The summed E-state index contributed by atoms with van der Waals surface area (Å²) in [6, 6.07) is 0. The second kappa shape index (κ2) is 6.44. The third-order valence-electron chi connectivity index (χ3n) is 3.87. The number of nitrogens with zero attached hydrogens (tertiary/aromatic N) is 1. The Kier molecular flexibility index (Phi) is 5.81. The maximum Gasteiger partial charge on any atom is 0.0718 e. The highest BCUT2D eigenvalue weighted by atomic mass is 32.1. The predicted octanol–water partition coefficient (Wildman–Crippen LogP) is 2.96. The van der Waals surface area contributed by atoms with E-state index in [4.69, 9.17) is 0 Å². The Balaban J connectivity index is 2.58. The van der Waals surface area contributed by atoms with Crippen molar-refractivity contribution in [1.82, 2.24) is 4.90 Å². The van der Waals surface area contributed by atoms with Crippen LogP contribution in [0.1, 0.15) is 52.9 Å². The first-order valence-electron chi connectivity index (χ1n) is 6.96. The molecular formula is C14H29NOS. The first-order chi connectivity index (χ1) is 7.91. The van der Waals surface area contributed by atoms with Crippen LogP contribution in [0.2, 0.25) is 0 Å². The van der Waals surface area contributed by atoms with Crippen LogP contribution in [-0.2, 0) is 0 Å². The van der Waals surface area contributed by atoms with E-state index in [1.807, 2.05) is 13.8 Å². The van der Waals surface area contributed by atoms with Crippen molar-refractivity contribution in [2.45, 2.75) is 58.5 Å². The van der Waals surface area contributed by atoms with E-state index in [1.54, 1.807) is 0 Å². The molecule has 17 heavy (non-hydrogen) atoms. The van der Waals surface area contributed by atoms with Crippen molar-refractivity contribution in [1.29, 1.82) is 0 Å². The van der Waals surface area contributed by atoms with Crippen molar-refractivity contribution >= 4 is 12.6 Å². The van der Waals surface area contributed by atoms with Crippen molar-refractivity contribution in [3.05, 3.63) is 0 Å². The zero-order valence-electron chi connectivity index (χ0n) is 11.7. The van der Waals surface area contributed by atoms with Crippen LogP contribution < -0.4 is 0 Å². The molecule has 0 amide bonds. The molecule has 0 spiro atoms. The molecule has 3 heteroatoms. The Labute approximate surface area is 112 Å². The smallest absolute Gasteiger partial charge is 0.0718 e. The molecule has 1 fully saturated rings. The summed E-state index contributed by atoms with van der Waals surface area (Å²) in [7, 11) is 0. The molecule has 0 saturated heterocycles. The highest BCUT2D eigenvalue weighted by molar-refractivity contribution is 7.80. The number of rotatable bonds is 6. The largest absolute Gasteiger partial charge is 0.389 e. The summed E-state index contributed by atoms with van der Waals surface area (Å²) in [6.45, 7) is 8.84. The Hall–Kier alpha value is 0.270. The Bertz CT molecular complexity index is 219. The number of likely N-dealkylation sites (N-methyl/N-ethyl adjacent to an activating group) is 1. The van der Waals surface area contributed by atoms with Crippen molar-refractivity contribution in [3.8, 4) is 0 Å². The molecule has 0 bridgehead atoms. The molecule has 0 aliphatic heterocycles. The van der Waals surface area contributed by atoms with Gasteiger partial charge in [0.1, 0.15) is 0 Å². The molecule has 1 saturated carbocycles. The zero-order valence-corrected chi connectivity index (χ0v) is 12.6. The molecule has 0 atom stereocenters. The Morgan fingerprint density at radius 2 is 1.82 bits per heavy atom. The van der Waals surface area contributed by atoms with Gasteiger partial charge in [0.25, 0.3) is 0 Å². The van der Waals surface area contributed by atoms with Crippen molar-refractivity contribution in [2.24, 2.45) is 5.41 Å². The summed E-state index contributed by atoms with van der Waals surface area (Å²) in [6.07, 6.45) is 6.69. The minimum absolute atomic E-state index is 0.391. The standard InChI is InChI=1S/C14H29NOS/c1-4-15(10-13(2,3)16)11-14(12-17)8-6-5-7-9-14/h16-17H,4-12H2,1-3H3. The van der Waals surface area contributed by atoms with E-state index < -0.39 is 5.60 Å². The van der Waals surface area contributed by atoms with E-state index in [1.165, 1.54) is 32.1 Å². The van der Waals surface area contributed by atoms with Gasteiger partial charge in [-0.2, -0.15) is 12.6 Å². The molecule has 0 radical (unpaired) electrons. The second-order valence-corrected chi connectivity index (χ2v) is 6.65. The van der Waals surface area contributed by atoms with Crippen LogP contribution in [0.5, 0.6) is 0 Å². The van der Waals surface area contributed by atoms with Gasteiger partial charge in [0.05, 0.1) is 5.60 Å². The summed E-state index contributed by atoms with van der Waals surface area (Å²) < 4.78 is 0. The lowest BCUT2D eigenvalue weighted by atomic mass is 9.75. The van der Waals surface area contributed by atoms with Crippen LogP contribution in [0, 0.1) is 5.41 Å². The molecule has 1 aliphatic rings. The van der Waals surface area contributed by atoms with Crippen LogP contribution >= 0.6 is 12.6 Å². The normalized spacial score (nSPS) is 20.8. The van der Waals surface area contributed by atoms with Gasteiger partial charge in [-0.3, -0.25) is 0 Å². The molecule has 1 aliphatic carbocycles. The number of hydrogen-bond donors (Lipinski definition) is 2. The van der Waals surface area contributed by atoms with Crippen LogP contribution in [-0.4, -0.2) is 41.0 Å². The summed E-state index contributed by atoms with van der Waals surface area (Å²) in [5.74, 6) is 0.982. The lowest BCUT2D eigenvalue weighted by Gasteiger charge is -2.41. The first kappa shape index (κ1) is 15.3. The van der Waals surface area contributed by atoms with Gasteiger partial charge < -0.3 is 10.0 Å². The van der Waals surface area contributed by atoms with E-state index in [0.717, 1.165) is 25.4 Å². The molecule has 0 heterocycles. The van der Waals surface area contributed by atoms with Gasteiger partial charge in [-0.15, -0.1) is 0 Å².